The van der Waals surface area contributed by atoms with Crippen molar-refractivity contribution in [1.29, 1.82) is 0 Å². The van der Waals surface area contributed by atoms with Crippen molar-refractivity contribution >= 4 is 35.3 Å². The van der Waals surface area contributed by atoms with Gasteiger partial charge in [0.25, 0.3) is 0 Å². The number of likely N-dealkylation sites (tertiary alicyclic amines) is 1. The van der Waals surface area contributed by atoms with E-state index in [0.29, 0.717) is 48.6 Å². The lowest BCUT2D eigenvalue weighted by Gasteiger charge is -2.41. The van der Waals surface area contributed by atoms with Crippen LogP contribution in [0.25, 0.3) is 0 Å². The van der Waals surface area contributed by atoms with E-state index in [1.807, 2.05) is 60.6 Å². The number of fused-ring (bicyclic) bond motifs is 2. The Hall–Kier alpha value is -3.04. The molecule has 1 aromatic carbocycles. The molecule has 5 rings (SSSR count). The van der Waals surface area contributed by atoms with Crippen LogP contribution in [0.2, 0.25) is 5.02 Å². The summed E-state index contributed by atoms with van der Waals surface area (Å²) in [5, 5.41) is 0.394. The van der Waals surface area contributed by atoms with Gasteiger partial charge in [0.2, 0.25) is 0 Å². The third-order valence-electron chi connectivity index (χ3n) is 7.58. The van der Waals surface area contributed by atoms with Crippen LogP contribution < -0.4 is 9.64 Å². The van der Waals surface area contributed by atoms with Crippen molar-refractivity contribution in [3.8, 4) is 5.75 Å². The molecule has 41 heavy (non-hydrogen) atoms. The zero-order chi connectivity index (χ0) is 29.7. The summed E-state index contributed by atoms with van der Waals surface area (Å²) < 4.78 is 23.5. The molecule has 2 saturated heterocycles. The number of nitrogens with zero attached hydrogens (tertiary/aromatic N) is 3. The van der Waals surface area contributed by atoms with Gasteiger partial charge in [-0.15, -0.1) is 0 Å². The molecule has 0 saturated carbocycles. The maximum atomic E-state index is 14.0. The van der Waals surface area contributed by atoms with E-state index in [4.69, 9.17) is 35.5 Å². The molecule has 1 aromatic heterocycles. The van der Waals surface area contributed by atoms with Crippen LogP contribution in [-0.2, 0) is 20.8 Å². The van der Waals surface area contributed by atoms with E-state index in [1.54, 1.807) is 11.1 Å². The molecule has 0 spiro atoms. The van der Waals surface area contributed by atoms with Crippen LogP contribution in [-0.4, -0.2) is 59.6 Å². The van der Waals surface area contributed by atoms with Gasteiger partial charge in [0.15, 0.2) is 5.75 Å². The standard InChI is InChI=1S/C31H40ClN3O6/c1-18-22(20-15-34(16-20)28(36)40-30(2,3)4)14-24(32)26-25(18)35(29(37)41-31(5,6)7)27-23(17-39-26)21(8-11-33-27)19-9-12-38-13-10-19/h8,11,14,19-20H,9-10,12-13,15-17H2,1-7H3. The number of rotatable bonds is 2. The number of benzene rings is 1. The Labute approximate surface area is 247 Å². The molecule has 0 unspecified atom stereocenters. The molecule has 9 nitrogen and oxygen atoms in total. The van der Waals surface area contributed by atoms with Crippen molar-refractivity contribution in [2.24, 2.45) is 0 Å². The van der Waals surface area contributed by atoms with Gasteiger partial charge in [0.1, 0.15) is 29.3 Å². The molecule has 222 valence electrons. The molecule has 3 aliphatic heterocycles. The van der Waals surface area contributed by atoms with Crippen molar-refractivity contribution in [3.05, 3.63) is 45.6 Å². The molecule has 10 heteroatoms. The number of pyridine rings is 1. The van der Waals surface area contributed by atoms with Gasteiger partial charge in [0, 0.05) is 44.0 Å². The highest BCUT2D eigenvalue weighted by atomic mass is 35.5. The zero-order valence-corrected chi connectivity index (χ0v) is 25.8. The third kappa shape index (κ3) is 6.11. The van der Waals surface area contributed by atoms with Crippen LogP contribution >= 0.6 is 11.6 Å². The number of anilines is 2. The molecule has 3 aliphatic rings. The summed E-state index contributed by atoms with van der Waals surface area (Å²) >= 11 is 6.89. The number of ether oxygens (including phenoxy) is 4. The Bertz CT molecular complexity index is 1340. The van der Waals surface area contributed by atoms with Crippen molar-refractivity contribution in [2.75, 3.05) is 31.2 Å². The first-order chi connectivity index (χ1) is 19.2. The van der Waals surface area contributed by atoms with Crippen molar-refractivity contribution in [3.63, 3.8) is 0 Å². The topological polar surface area (TPSA) is 90.4 Å². The quantitative estimate of drug-likeness (QED) is 0.367. The summed E-state index contributed by atoms with van der Waals surface area (Å²) in [7, 11) is 0. The van der Waals surface area contributed by atoms with Gasteiger partial charge < -0.3 is 23.8 Å². The van der Waals surface area contributed by atoms with Crippen LogP contribution in [0, 0.1) is 6.92 Å². The van der Waals surface area contributed by atoms with Crippen molar-refractivity contribution in [2.45, 2.75) is 91.0 Å². The number of hydrogen-bond donors (Lipinski definition) is 0. The van der Waals surface area contributed by atoms with Gasteiger partial charge >= 0.3 is 12.2 Å². The second-order valence-corrected chi connectivity index (χ2v) is 13.4. The summed E-state index contributed by atoms with van der Waals surface area (Å²) in [5.74, 6) is 1.20. The van der Waals surface area contributed by atoms with Gasteiger partial charge in [-0.3, -0.25) is 0 Å². The fourth-order valence-corrected chi connectivity index (χ4v) is 5.94. The van der Waals surface area contributed by atoms with Crippen molar-refractivity contribution < 1.29 is 28.5 Å². The Balaban J connectivity index is 1.57. The number of halogens is 1. The number of amides is 2. The average molecular weight is 586 g/mol. The second kappa shape index (κ2) is 11.0. The third-order valence-corrected chi connectivity index (χ3v) is 7.86. The summed E-state index contributed by atoms with van der Waals surface area (Å²) in [6.45, 7) is 15.6. The Morgan fingerprint density at radius 1 is 0.976 bits per heavy atom. The lowest BCUT2D eigenvalue weighted by molar-refractivity contribution is 0.00813. The van der Waals surface area contributed by atoms with E-state index >= 15 is 0 Å². The van der Waals surface area contributed by atoms with Crippen LogP contribution in [0.1, 0.15) is 88.5 Å². The highest BCUT2D eigenvalue weighted by Gasteiger charge is 2.40. The molecular formula is C31H40ClN3O6. The minimum absolute atomic E-state index is 0.0232. The molecule has 0 N–H and O–H groups in total. The van der Waals surface area contributed by atoms with E-state index in [9.17, 15) is 9.59 Å². The number of carbonyl (C=O) groups excluding carboxylic acids is 2. The number of carbonyl (C=O) groups is 2. The fraction of sp³-hybridized carbons (Fsp3) is 0.581. The average Bonchev–Trinajstić information content (AvgIpc) is 3.02. The zero-order valence-electron chi connectivity index (χ0n) is 25.0. The van der Waals surface area contributed by atoms with Gasteiger partial charge in [-0.05, 0) is 96.0 Å². The molecule has 4 heterocycles. The van der Waals surface area contributed by atoms with Crippen molar-refractivity contribution in [1.82, 2.24) is 9.88 Å². The first-order valence-electron chi connectivity index (χ1n) is 14.3. The van der Waals surface area contributed by atoms with E-state index in [2.05, 4.69) is 0 Å². The Morgan fingerprint density at radius 2 is 1.61 bits per heavy atom. The highest BCUT2D eigenvalue weighted by Crippen LogP contribution is 2.50. The number of hydrogen-bond acceptors (Lipinski definition) is 7. The summed E-state index contributed by atoms with van der Waals surface area (Å²) in [4.78, 5) is 34.5. The SMILES string of the molecule is Cc1c(C2CN(C(=O)OC(C)(C)C)C2)cc(Cl)c2c1N(C(=O)OC(C)(C)C)c1nccc(C3CCOCC3)c1CO2. The molecule has 0 radical (unpaired) electrons. The molecule has 0 atom stereocenters. The minimum Gasteiger partial charge on any atom is -0.485 e. The van der Waals surface area contributed by atoms with E-state index in [0.717, 1.165) is 35.1 Å². The summed E-state index contributed by atoms with van der Waals surface area (Å²) in [6.07, 6.45) is 2.62. The van der Waals surface area contributed by atoms with Crippen LogP contribution in [0.4, 0.5) is 21.1 Å². The highest BCUT2D eigenvalue weighted by molar-refractivity contribution is 6.33. The number of aromatic nitrogens is 1. The normalized spacial score (nSPS) is 18.0. The monoisotopic (exact) mass is 585 g/mol. The van der Waals surface area contributed by atoms with Crippen LogP contribution in [0.3, 0.4) is 0 Å². The lowest BCUT2D eigenvalue weighted by atomic mass is 9.87. The molecule has 0 bridgehead atoms. The molecule has 2 fully saturated rings. The van der Waals surface area contributed by atoms with E-state index in [-0.39, 0.29) is 24.5 Å². The molecule has 2 amide bonds. The largest absolute Gasteiger partial charge is 0.485 e. The first kappa shape index (κ1) is 29.5. The smallest absolute Gasteiger partial charge is 0.420 e. The predicted molar refractivity (Wildman–Crippen MR) is 156 cm³/mol. The molecule has 0 aliphatic carbocycles. The summed E-state index contributed by atoms with van der Waals surface area (Å²) in [6, 6.07) is 3.91. The van der Waals surface area contributed by atoms with Gasteiger partial charge in [0.05, 0.1) is 5.02 Å². The maximum absolute atomic E-state index is 14.0. The Morgan fingerprint density at radius 3 is 2.24 bits per heavy atom. The van der Waals surface area contributed by atoms with Crippen LogP contribution in [0.15, 0.2) is 18.3 Å². The van der Waals surface area contributed by atoms with Gasteiger partial charge in [-0.1, -0.05) is 11.6 Å². The molecular weight excluding hydrogens is 546 g/mol. The van der Waals surface area contributed by atoms with Gasteiger partial charge in [-0.2, -0.15) is 0 Å². The van der Waals surface area contributed by atoms with E-state index in [1.165, 1.54) is 4.90 Å². The Kier molecular flexibility index (Phi) is 7.89. The fourth-order valence-electron chi connectivity index (χ4n) is 5.67. The second-order valence-electron chi connectivity index (χ2n) is 13.0. The lowest BCUT2D eigenvalue weighted by Crippen LogP contribution is -2.50. The minimum atomic E-state index is -0.736. The predicted octanol–water partition coefficient (Wildman–Crippen LogP) is 7.24. The summed E-state index contributed by atoms with van der Waals surface area (Å²) in [5.41, 5.74) is 2.93. The van der Waals surface area contributed by atoms with Gasteiger partial charge in [-0.25, -0.2) is 19.5 Å². The van der Waals surface area contributed by atoms with E-state index < -0.39 is 17.3 Å². The first-order valence-corrected chi connectivity index (χ1v) is 14.6. The van der Waals surface area contributed by atoms with Crippen LogP contribution in [0.5, 0.6) is 5.75 Å². The molecule has 2 aromatic rings. The maximum Gasteiger partial charge on any atom is 0.420 e.